The van der Waals surface area contributed by atoms with E-state index in [1.807, 2.05) is 11.5 Å². The largest absolute Gasteiger partial charge is 0.489 e. The molecule has 0 unspecified atom stereocenters. The van der Waals surface area contributed by atoms with E-state index in [1.54, 1.807) is 20.0 Å². The lowest BCUT2D eigenvalue weighted by Crippen LogP contribution is -2.33. The monoisotopic (exact) mass is 429 g/mol. The molecule has 4 N–H and O–H groups in total. The third-order valence-electron chi connectivity index (χ3n) is 5.70. The summed E-state index contributed by atoms with van der Waals surface area (Å²) in [6.45, 7) is 8.88. The number of nitrogens with zero attached hydrogens (tertiary/aromatic N) is 5. The van der Waals surface area contributed by atoms with E-state index in [1.165, 1.54) is 0 Å². The number of anilines is 1. The number of imidazole rings is 1. The van der Waals surface area contributed by atoms with E-state index in [0.717, 1.165) is 42.7 Å². The number of aryl methyl sites for hydroxylation is 2. The second-order valence-electron chi connectivity index (χ2n) is 8.78. The number of hydrogen-bond acceptors (Lipinski definition) is 9. The maximum absolute atomic E-state index is 10.2. The van der Waals surface area contributed by atoms with Crippen LogP contribution in [-0.4, -0.2) is 55.3 Å². The van der Waals surface area contributed by atoms with Crippen LogP contribution in [0.15, 0.2) is 10.8 Å². The molecule has 4 rings (SSSR count). The van der Waals surface area contributed by atoms with Crippen molar-refractivity contribution in [2.75, 3.05) is 25.4 Å². The Kier molecular flexibility index (Phi) is 6.10. The first kappa shape index (κ1) is 21.5. The summed E-state index contributed by atoms with van der Waals surface area (Å²) < 4.78 is 13.1. The van der Waals surface area contributed by atoms with Crippen LogP contribution in [0.25, 0.3) is 22.6 Å². The summed E-state index contributed by atoms with van der Waals surface area (Å²) in [6, 6.07) is 0. The van der Waals surface area contributed by atoms with E-state index in [0.29, 0.717) is 49.2 Å². The lowest BCUT2D eigenvalue weighted by atomic mass is 10.0. The highest BCUT2D eigenvalue weighted by atomic mass is 16.6. The number of piperidine rings is 1. The first-order chi connectivity index (χ1) is 14.9. The van der Waals surface area contributed by atoms with Crippen molar-refractivity contribution < 1.29 is 14.5 Å². The highest BCUT2D eigenvalue weighted by Gasteiger charge is 2.25. The van der Waals surface area contributed by atoms with Crippen LogP contribution >= 0.6 is 0 Å². The van der Waals surface area contributed by atoms with E-state index in [9.17, 15) is 5.11 Å². The molecule has 1 aliphatic rings. The van der Waals surface area contributed by atoms with Crippen molar-refractivity contribution >= 4 is 16.9 Å². The molecule has 0 aromatic carbocycles. The first-order valence-electron chi connectivity index (χ1n) is 10.9. The standard InChI is InChI=1S/C21H31N7O3/c1-4-28-18-15(30-12-13-6-5-9-23-10-13)11-24-14(7-8-21(2,3)29)16(18)25-20(28)17-19(22)27-31-26-17/h11,13,23,29H,4-10,12H2,1-3H3,(H2,22,27)/t13-/m0/s1. The summed E-state index contributed by atoms with van der Waals surface area (Å²) in [7, 11) is 0. The Hall–Kier alpha value is -2.72. The summed E-state index contributed by atoms with van der Waals surface area (Å²) in [5.41, 5.74) is 7.93. The molecule has 0 bridgehead atoms. The molecule has 3 aromatic rings. The minimum Gasteiger partial charge on any atom is -0.489 e. The summed E-state index contributed by atoms with van der Waals surface area (Å²) in [5, 5.41) is 21.3. The van der Waals surface area contributed by atoms with Gasteiger partial charge in [0.2, 0.25) is 0 Å². The normalized spacial score (nSPS) is 17.4. The molecule has 0 amide bonds. The molecule has 1 aliphatic heterocycles. The van der Waals surface area contributed by atoms with Gasteiger partial charge in [0.05, 0.1) is 24.1 Å². The number of fused-ring (bicyclic) bond motifs is 1. The van der Waals surface area contributed by atoms with Crippen molar-refractivity contribution in [1.29, 1.82) is 0 Å². The highest BCUT2D eigenvalue weighted by molar-refractivity contribution is 5.88. The van der Waals surface area contributed by atoms with Gasteiger partial charge in [0.25, 0.3) is 0 Å². The van der Waals surface area contributed by atoms with Crippen molar-refractivity contribution in [3.63, 3.8) is 0 Å². The molecule has 0 radical (unpaired) electrons. The van der Waals surface area contributed by atoms with Gasteiger partial charge in [-0.25, -0.2) is 9.61 Å². The second-order valence-corrected chi connectivity index (χ2v) is 8.78. The smallest absolute Gasteiger partial charge is 0.199 e. The van der Waals surface area contributed by atoms with Crippen LogP contribution < -0.4 is 15.8 Å². The van der Waals surface area contributed by atoms with Crippen LogP contribution in [-0.2, 0) is 13.0 Å². The fourth-order valence-electron chi connectivity index (χ4n) is 3.99. The van der Waals surface area contributed by atoms with Gasteiger partial charge in [-0.15, -0.1) is 0 Å². The lowest BCUT2D eigenvalue weighted by Gasteiger charge is -2.23. The average molecular weight is 430 g/mol. The van der Waals surface area contributed by atoms with Crippen molar-refractivity contribution in [3.05, 3.63) is 11.9 Å². The Balaban J connectivity index is 1.76. The zero-order chi connectivity index (χ0) is 22.0. The van der Waals surface area contributed by atoms with Gasteiger partial charge < -0.3 is 25.5 Å². The van der Waals surface area contributed by atoms with Gasteiger partial charge in [0, 0.05) is 19.0 Å². The number of nitrogen functional groups attached to an aromatic ring is 1. The van der Waals surface area contributed by atoms with Crippen LogP contribution in [0.2, 0.25) is 0 Å². The molecular weight excluding hydrogens is 398 g/mol. The quantitative estimate of drug-likeness (QED) is 0.492. The van der Waals surface area contributed by atoms with E-state index < -0.39 is 5.60 Å². The maximum Gasteiger partial charge on any atom is 0.199 e. The summed E-state index contributed by atoms with van der Waals surface area (Å²) in [6.07, 6.45) is 5.21. The summed E-state index contributed by atoms with van der Waals surface area (Å²) in [4.78, 5) is 9.47. The fraction of sp³-hybridized carbons (Fsp3) is 0.619. The zero-order valence-corrected chi connectivity index (χ0v) is 18.4. The van der Waals surface area contributed by atoms with Crippen LogP contribution in [0.5, 0.6) is 5.75 Å². The molecule has 1 fully saturated rings. The van der Waals surface area contributed by atoms with Gasteiger partial charge in [0.1, 0.15) is 11.0 Å². The Morgan fingerprint density at radius 1 is 1.39 bits per heavy atom. The molecular formula is C21H31N7O3. The molecule has 0 saturated carbocycles. The zero-order valence-electron chi connectivity index (χ0n) is 18.4. The molecule has 10 heteroatoms. The number of rotatable bonds is 8. The molecule has 0 spiro atoms. The number of aromatic nitrogens is 5. The number of nitrogens with two attached hydrogens (primary N) is 1. The van der Waals surface area contributed by atoms with E-state index in [2.05, 4.69) is 20.6 Å². The van der Waals surface area contributed by atoms with Gasteiger partial charge in [-0.3, -0.25) is 4.98 Å². The molecule has 0 aliphatic carbocycles. The Labute approximate surface area is 181 Å². The number of aliphatic hydroxyl groups is 1. The molecule has 4 heterocycles. The SMILES string of the molecule is CCn1c(-c2nonc2N)nc2c(CCC(C)(C)O)ncc(OC[C@H]3CCCNC3)c21. The minimum absolute atomic E-state index is 0.187. The van der Waals surface area contributed by atoms with Gasteiger partial charge in [-0.1, -0.05) is 0 Å². The minimum atomic E-state index is -0.798. The van der Waals surface area contributed by atoms with Crippen molar-refractivity contribution in [2.24, 2.45) is 5.92 Å². The molecule has 31 heavy (non-hydrogen) atoms. The van der Waals surface area contributed by atoms with Crippen LogP contribution in [0.3, 0.4) is 0 Å². The topological polar surface area (TPSA) is 137 Å². The van der Waals surface area contributed by atoms with Gasteiger partial charge in [0.15, 0.2) is 23.1 Å². The Morgan fingerprint density at radius 3 is 2.87 bits per heavy atom. The second kappa shape index (κ2) is 8.80. The number of nitrogens with one attached hydrogen (secondary N) is 1. The molecule has 1 atom stereocenters. The number of pyridine rings is 1. The van der Waals surface area contributed by atoms with Gasteiger partial charge in [-0.05, 0) is 63.3 Å². The average Bonchev–Trinajstić information content (AvgIpc) is 3.34. The van der Waals surface area contributed by atoms with Gasteiger partial charge >= 0.3 is 0 Å². The number of ether oxygens (including phenoxy) is 1. The third-order valence-corrected chi connectivity index (χ3v) is 5.70. The van der Waals surface area contributed by atoms with Crippen molar-refractivity contribution in [1.82, 2.24) is 30.2 Å². The van der Waals surface area contributed by atoms with E-state index in [4.69, 9.17) is 20.1 Å². The first-order valence-corrected chi connectivity index (χ1v) is 10.9. The van der Waals surface area contributed by atoms with E-state index >= 15 is 0 Å². The van der Waals surface area contributed by atoms with Crippen LogP contribution in [0, 0.1) is 5.92 Å². The maximum atomic E-state index is 10.2. The van der Waals surface area contributed by atoms with Crippen LogP contribution in [0.4, 0.5) is 5.82 Å². The van der Waals surface area contributed by atoms with E-state index in [-0.39, 0.29) is 5.82 Å². The Bertz CT molecular complexity index is 1030. The van der Waals surface area contributed by atoms with Gasteiger partial charge in [-0.2, -0.15) is 0 Å². The predicted molar refractivity (Wildman–Crippen MR) is 117 cm³/mol. The molecule has 168 valence electrons. The third kappa shape index (κ3) is 4.64. The van der Waals surface area contributed by atoms with Crippen molar-refractivity contribution in [3.8, 4) is 17.3 Å². The van der Waals surface area contributed by atoms with Crippen LogP contribution in [0.1, 0.15) is 45.7 Å². The Morgan fingerprint density at radius 2 is 2.23 bits per heavy atom. The molecule has 10 nitrogen and oxygen atoms in total. The lowest BCUT2D eigenvalue weighted by molar-refractivity contribution is 0.0712. The summed E-state index contributed by atoms with van der Waals surface area (Å²) >= 11 is 0. The summed E-state index contributed by atoms with van der Waals surface area (Å²) in [5.74, 6) is 1.90. The fourth-order valence-corrected chi connectivity index (χ4v) is 3.99. The van der Waals surface area contributed by atoms with Crippen molar-refractivity contribution in [2.45, 2.75) is 58.6 Å². The predicted octanol–water partition coefficient (Wildman–Crippen LogP) is 2.17. The highest BCUT2D eigenvalue weighted by Crippen LogP contribution is 2.34. The number of hydrogen-bond donors (Lipinski definition) is 3. The molecule has 3 aromatic heterocycles. The molecule has 1 saturated heterocycles.